The predicted octanol–water partition coefficient (Wildman–Crippen LogP) is 4.46. The van der Waals surface area contributed by atoms with Crippen LogP contribution in [0.25, 0.3) is 0 Å². The standard InChI is InChI=1S/C23H26N4O3/c1-15-19(14-24-27(15)23(2,3)4)22(29)26-20-12-7-6-11-18(20)21(28)25-16-9-8-10-17(13-16)30-5/h6-14H,1-5H3,(H,25,28)(H,26,29). The van der Waals surface area contributed by atoms with Gasteiger partial charge in [-0.3, -0.25) is 14.3 Å². The van der Waals surface area contributed by atoms with Gasteiger partial charge in [0.2, 0.25) is 0 Å². The van der Waals surface area contributed by atoms with Crippen LogP contribution in [-0.4, -0.2) is 28.7 Å². The molecule has 0 atom stereocenters. The van der Waals surface area contributed by atoms with Crippen LogP contribution in [0.1, 0.15) is 47.2 Å². The summed E-state index contributed by atoms with van der Waals surface area (Å²) < 4.78 is 7.00. The first-order valence-corrected chi connectivity index (χ1v) is 9.61. The van der Waals surface area contributed by atoms with Gasteiger partial charge in [0.25, 0.3) is 11.8 Å². The topological polar surface area (TPSA) is 85.2 Å². The van der Waals surface area contributed by atoms with Crippen LogP contribution in [0.2, 0.25) is 0 Å². The number of nitrogens with one attached hydrogen (secondary N) is 2. The number of methoxy groups -OCH3 is 1. The summed E-state index contributed by atoms with van der Waals surface area (Å²) in [5.41, 5.74) is 2.37. The zero-order valence-electron chi connectivity index (χ0n) is 17.8. The summed E-state index contributed by atoms with van der Waals surface area (Å²) in [5, 5.41) is 10.0. The molecule has 7 heteroatoms. The van der Waals surface area contributed by atoms with Gasteiger partial charge in [-0.15, -0.1) is 0 Å². The van der Waals surface area contributed by atoms with Gasteiger partial charge < -0.3 is 15.4 Å². The Bertz CT molecular complexity index is 1080. The molecule has 0 aliphatic heterocycles. The Morgan fingerprint density at radius 3 is 2.33 bits per heavy atom. The van der Waals surface area contributed by atoms with E-state index in [0.717, 1.165) is 5.69 Å². The van der Waals surface area contributed by atoms with Gasteiger partial charge in [0.15, 0.2) is 0 Å². The van der Waals surface area contributed by atoms with Crippen LogP contribution in [-0.2, 0) is 5.54 Å². The second-order valence-electron chi connectivity index (χ2n) is 7.91. The lowest BCUT2D eigenvalue weighted by Crippen LogP contribution is -2.25. The lowest BCUT2D eigenvalue weighted by molar-refractivity contribution is 0.102. The van der Waals surface area contributed by atoms with E-state index in [9.17, 15) is 9.59 Å². The number of anilines is 2. The molecule has 0 saturated carbocycles. The van der Waals surface area contributed by atoms with Crippen molar-refractivity contribution in [3.8, 4) is 5.75 Å². The van der Waals surface area contributed by atoms with E-state index in [1.54, 1.807) is 61.8 Å². The van der Waals surface area contributed by atoms with Gasteiger partial charge in [0.1, 0.15) is 5.75 Å². The Kier molecular flexibility index (Phi) is 5.91. The number of hydrogen-bond acceptors (Lipinski definition) is 4. The molecule has 0 spiro atoms. The van der Waals surface area contributed by atoms with Crippen molar-refractivity contribution in [2.24, 2.45) is 0 Å². The minimum Gasteiger partial charge on any atom is -0.497 e. The number of para-hydroxylation sites is 1. The zero-order valence-corrected chi connectivity index (χ0v) is 17.8. The molecule has 7 nitrogen and oxygen atoms in total. The van der Waals surface area contributed by atoms with Crippen LogP contribution in [0.5, 0.6) is 5.75 Å². The van der Waals surface area contributed by atoms with Crippen molar-refractivity contribution < 1.29 is 14.3 Å². The molecule has 1 aromatic heterocycles. The summed E-state index contributed by atoms with van der Waals surface area (Å²) in [6.07, 6.45) is 1.55. The Morgan fingerprint density at radius 2 is 1.67 bits per heavy atom. The maximum absolute atomic E-state index is 12.9. The van der Waals surface area contributed by atoms with Crippen molar-refractivity contribution in [1.29, 1.82) is 0 Å². The fourth-order valence-electron chi connectivity index (χ4n) is 3.19. The van der Waals surface area contributed by atoms with Crippen LogP contribution in [0.3, 0.4) is 0 Å². The number of carbonyl (C=O) groups is 2. The van der Waals surface area contributed by atoms with Gasteiger partial charge in [-0.05, 0) is 52.0 Å². The number of benzene rings is 2. The molecule has 3 rings (SSSR count). The van der Waals surface area contributed by atoms with Crippen molar-refractivity contribution in [1.82, 2.24) is 9.78 Å². The molecular formula is C23H26N4O3. The molecule has 1 heterocycles. The number of hydrogen-bond donors (Lipinski definition) is 2. The van der Waals surface area contributed by atoms with E-state index in [0.29, 0.717) is 28.3 Å². The number of ether oxygens (including phenoxy) is 1. The summed E-state index contributed by atoms with van der Waals surface area (Å²) >= 11 is 0. The van der Waals surface area contributed by atoms with Crippen LogP contribution in [0.4, 0.5) is 11.4 Å². The molecule has 0 radical (unpaired) electrons. The van der Waals surface area contributed by atoms with Crippen molar-refractivity contribution in [3.05, 3.63) is 71.5 Å². The number of carbonyl (C=O) groups excluding carboxylic acids is 2. The summed E-state index contributed by atoms with van der Waals surface area (Å²) in [7, 11) is 1.57. The third kappa shape index (κ3) is 4.51. The van der Waals surface area contributed by atoms with Crippen LogP contribution >= 0.6 is 0 Å². The molecule has 156 valence electrons. The van der Waals surface area contributed by atoms with Gasteiger partial charge >= 0.3 is 0 Å². The first-order valence-electron chi connectivity index (χ1n) is 9.61. The summed E-state index contributed by atoms with van der Waals surface area (Å²) in [4.78, 5) is 25.7. The lowest BCUT2D eigenvalue weighted by atomic mass is 10.1. The third-order valence-corrected chi connectivity index (χ3v) is 4.64. The van der Waals surface area contributed by atoms with Gasteiger partial charge in [-0.2, -0.15) is 5.10 Å². The fourth-order valence-corrected chi connectivity index (χ4v) is 3.19. The molecule has 3 aromatic rings. The second-order valence-corrected chi connectivity index (χ2v) is 7.91. The molecule has 30 heavy (non-hydrogen) atoms. The van der Waals surface area contributed by atoms with E-state index >= 15 is 0 Å². The van der Waals surface area contributed by atoms with E-state index in [-0.39, 0.29) is 17.4 Å². The largest absolute Gasteiger partial charge is 0.497 e. The highest BCUT2D eigenvalue weighted by Crippen LogP contribution is 2.23. The highest BCUT2D eigenvalue weighted by molar-refractivity contribution is 6.12. The number of amides is 2. The molecular weight excluding hydrogens is 380 g/mol. The molecule has 0 fully saturated rings. The van der Waals surface area contributed by atoms with E-state index in [2.05, 4.69) is 15.7 Å². The summed E-state index contributed by atoms with van der Waals surface area (Å²) in [5.74, 6) is -0.00776. The monoisotopic (exact) mass is 406 g/mol. The number of aromatic nitrogens is 2. The van der Waals surface area contributed by atoms with Crippen LogP contribution < -0.4 is 15.4 Å². The molecule has 0 bridgehead atoms. The normalized spacial score (nSPS) is 11.1. The highest BCUT2D eigenvalue weighted by atomic mass is 16.5. The molecule has 0 unspecified atom stereocenters. The molecule has 0 saturated heterocycles. The third-order valence-electron chi connectivity index (χ3n) is 4.64. The molecule has 0 aliphatic rings. The molecule has 2 N–H and O–H groups in total. The first kappa shape index (κ1) is 21.1. The molecule has 2 amide bonds. The maximum Gasteiger partial charge on any atom is 0.259 e. The average Bonchev–Trinajstić information content (AvgIpc) is 3.10. The van der Waals surface area contributed by atoms with E-state index in [4.69, 9.17) is 4.74 Å². The zero-order chi connectivity index (χ0) is 21.9. The second kappa shape index (κ2) is 8.41. The highest BCUT2D eigenvalue weighted by Gasteiger charge is 2.22. The fraction of sp³-hybridized carbons (Fsp3) is 0.261. The Balaban J connectivity index is 1.82. The molecule has 0 aliphatic carbocycles. The first-order chi connectivity index (χ1) is 14.2. The van der Waals surface area contributed by atoms with Crippen molar-refractivity contribution >= 4 is 23.2 Å². The predicted molar refractivity (Wildman–Crippen MR) is 117 cm³/mol. The van der Waals surface area contributed by atoms with Crippen molar-refractivity contribution in [2.75, 3.05) is 17.7 Å². The minimum atomic E-state index is -0.332. The van der Waals surface area contributed by atoms with Gasteiger partial charge in [0, 0.05) is 17.4 Å². The smallest absolute Gasteiger partial charge is 0.259 e. The van der Waals surface area contributed by atoms with Crippen molar-refractivity contribution in [3.63, 3.8) is 0 Å². The number of rotatable bonds is 5. The van der Waals surface area contributed by atoms with Gasteiger partial charge in [-0.25, -0.2) is 0 Å². The molecule has 2 aromatic carbocycles. The summed E-state index contributed by atoms with van der Waals surface area (Å²) in [6.45, 7) is 7.92. The summed E-state index contributed by atoms with van der Waals surface area (Å²) in [6, 6.07) is 14.0. The maximum atomic E-state index is 12.9. The van der Waals surface area contributed by atoms with Gasteiger partial charge in [0.05, 0.1) is 35.7 Å². The van der Waals surface area contributed by atoms with E-state index < -0.39 is 0 Å². The Morgan fingerprint density at radius 1 is 0.967 bits per heavy atom. The minimum absolute atomic E-state index is 0.239. The quantitative estimate of drug-likeness (QED) is 0.655. The van der Waals surface area contributed by atoms with Crippen LogP contribution in [0.15, 0.2) is 54.7 Å². The van der Waals surface area contributed by atoms with Crippen molar-refractivity contribution in [2.45, 2.75) is 33.2 Å². The average molecular weight is 406 g/mol. The van der Waals surface area contributed by atoms with Gasteiger partial charge in [-0.1, -0.05) is 18.2 Å². The SMILES string of the molecule is COc1cccc(NC(=O)c2ccccc2NC(=O)c2cnn(C(C)(C)C)c2C)c1. The number of nitrogens with zero attached hydrogens (tertiary/aromatic N) is 2. The Labute approximate surface area is 176 Å². The lowest BCUT2D eigenvalue weighted by Gasteiger charge is -2.21. The van der Waals surface area contributed by atoms with E-state index in [1.165, 1.54) is 0 Å². The van der Waals surface area contributed by atoms with Crippen LogP contribution in [0, 0.1) is 6.92 Å². The Hall–Kier alpha value is -3.61. The van der Waals surface area contributed by atoms with E-state index in [1.807, 2.05) is 32.4 Å².